The van der Waals surface area contributed by atoms with E-state index in [1.807, 2.05) is 18.2 Å². The molecule has 282 valence electrons. The molecule has 0 unspecified atom stereocenters. The summed E-state index contributed by atoms with van der Waals surface area (Å²) in [6, 6.07) is 30.0. The molecule has 0 saturated carbocycles. The zero-order valence-electron chi connectivity index (χ0n) is 29.5. The predicted molar refractivity (Wildman–Crippen MR) is 217 cm³/mol. The van der Waals surface area contributed by atoms with Crippen molar-refractivity contribution in [2.24, 2.45) is 5.73 Å². The molecule has 0 saturated heterocycles. The molecular weight excluding hydrogens is 787 g/mol. The average molecular weight is 836 g/mol. The minimum Gasteiger partial charge on any atom is -0.468 e. The Hall–Kier alpha value is -3.42. The molecule has 0 bridgehead atoms. The van der Waals surface area contributed by atoms with Crippen LogP contribution in [0.15, 0.2) is 91.0 Å². The largest absolute Gasteiger partial charge is 0.468 e. The minimum absolute atomic E-state index is 0.0310. The molecule has 3 amide bonds. The summed E-state index contributed by atoms with van der Waals surface area (Å²) < 4.78 is 9.13. The summed E-state index contributed by atoms with van der Waals surface area (Å²) in [6.45, 7) is 0.172. The number of amides is 3. The predicted octanol–water partition coefficient (Wildman–Crippen LogP) is 3.55. The number of carbonyl (C=O) groups excluding carboxylic acids is 5. The molecule has 0 aliphatic heterocycles. The molecular formula is C37H48BrN4O7PS2. The van der Waals surface area contributed by atoms with Crippen LogP contribution in [0.2, 0.25) is 0 Å². The Labute approximate surface area is 321 Å². The number of nitrogens with one attached hydrogen (secondary N) is 3. The van der Waals surface area contributed by atoms with Gasteiger partial charge in [-0.25, -0.2) is 0 Å². The quantitative estimate of drug-likeness (QED) is 0.0510. The maximum atomic E-state index is 12.7. The number of unbranched alkanes of at least 4 members (excludes halogenated alkanes) is 2. The third-order valence-corrected chi connectivity index (χ3v) is 20.7. The number of rotatable bonds is 22. The van der Waals surface area contributed by atoms with Crippen molar-refractivity contribution in [3.63, 3.8) is 0 Å². The SMILES string of the molecule is COC(=O)CNC(=O)[C@H](CSSCC(=O)NCCCCCP(Br)(c1ccccc1)(c1ccccc1)c1ccccc1)NC(=O)CC[C@H](N)C(=O)OC. The summed E-state index contributed by atoms with van der Waals surface area (Å²) in [4.78, 5) is 60.9. The zero-order valence-corrected chi connectivity index (χ0v) is 33.6. The molecule has 0 aliphatic rings. The van der Waals surface area contributed by atoms with Gasteiger partial charge in [-0.15, -0.1) is 0 Å². The van der Waals surface area contributed by atoms with Crippen LogP contribution in [0.25, 0.3) is 0 Å². The Kier molecular flexibility index (Phi) is 18.1. The third kappa shape index (κ3) is 12.3. The zero-order chi connectivity index (χ0) is 37.8. The second-order valence-electron chi connectivity index (χ2n) is 12.0. The molecule has 0 spiro atoms. The van der Waals surface area contributed by atoms with Crippen LogP contribution in [0.5, 0.6) is 0 Å². The van der Waals surface area contributed by atoms with Crippen LogP contribution < -0.4 is 37.6 Å². The van der Waals surface area contributed by atoms with E-state index in [-0.39, 0.29) is 36.8 Å². The van der Waals surface area contributed by atoms with Crippen LogP contribution in [0.1, 0.15) is 32.1 Å². The van der Waals surface area contributed by atoms with Gasteiger partial charge in [-0.2, -0.15) is 0 Å². The maximum absolute atomic E-state index is 12.7. The van der Waals surface area contributed by atoms with E-state index in [1.165, 1.54) is 51.7 Å². The fourth-order valence-electron chi connectivity index (χ4n) is 5.61. The van der Waals surface area contributed by atoms with Crippen molar-refractivity contribution < 1.29 is 33.4 Å². The Morgan fingerprint density at radius 3 is 1.83 bits per heavy atom. The van der Waals surface area contributed by atoms with E-state index in [4.69, 9.17) is 5.73 Å². The normalized spacial score (nSPS) is 13.0. The van der Waals surface area contributed by atoms with Crippen molar-refractivity contribution in [2.45, 2.75) is 44.2 Å². The molecule has 0 radical (unpaired) electrons. The summed E-state index contributed by atoms with van der Waals surface area (Å²) in [7, 11) is 4.89. The van der Waals surface area contributed by atoms with Gasteiger partial charge in [-0.05, 0) is 6.42 Å². The van der Waals surface area contributed by atoms with Gasteiger partial charge in [0.1, 0.15) is 12.6 Å². The van der Waals surface area contributed by atoms with Crippen LogP contribution in [0.3, 0.4) is 0 Å². The summed E-state index contributed by atoms with van der Waals surface area (Å²) in [5, 5.41) is 8.88. The van der Waals surface area contributed by atoms with Gasteiger partial charge >= 0.3 is 227 Å². The van der Waals surface area contributed by atoms with E-state index in [0.717, 1.165) is 25.4 Å². The van der Waals surface area contributed by atoms with E-state index in [0.29, 0.717) is 6.54 Å². The summed E-state index contributed by atoms with van der Waals surface area (Å²) in [5.41, 5.74) is 5.71. The van der Waals surface area contributed by atoms with E-state index in [9.17, 15) is 24.0 Å². The van der Waals surface area contributed by atoms with Crippen molar-refractivity contribution in [1.82, 2.24) is 16.0 Å². The van der Waals surface area contributed by atoms with Gasteiger partial charge in [-0.3, -0.25) is 19.2 Å². The van der Waals surface area contributed by atoms with Crippen molar-refractivity contribution in [3.05, 3.63) is 91.0 Å². The first-order chi connectivity index (χ1) is 25.0. The van der Waals surface area contributed by atoms with E-state index >= 15 is 0 Å². The number of benzene rings is 3. The molecule has 5 N–H and O–H groups in total. The molecule has 3 aromatic rings. The second kappa shape index (κ2) is 21.9. The van der Waals surface area contributed by atoms with Gasteiger partial charge in [0.25, 0.3) is 0 Å². The number of methoxy groups -OCH3 is 2. The Balaban J connectivity index is 1.50. The van der Waals surface area contributed by atoms with Gasteiger partial charge < -0.3 is 25.8 Å². The first kappa shape index (κ1) is 43.0. The molecule has 3 rings (SSSR count). The number of carbonyl (C=O) groups is 5. The Bertz CT molecular complexity index is 1510. The van der Waals surface area contributed by atoms with Crippen LogP contribution in [0.4, 0.5) is 0 Å². The monoisotopic (exact) mass is 834 g/mol. The number of halogens is 1. The first-order valence-corrected chi connectivity index (χ1v) is 23.8. The van der Waals surface area contributed by atoms with Crippen LogP contribution in [-0.4, -0.2) is 86.7 Å². The van der Waals surface area contributed by atoms with Gasteiger partial charge in [0.05, 0.1) is 14.2 Å². The van der Waals surface area contributed by atoms with E-state index < -0.39 is 41.1 Å². The van der Waals surface area contributed by atoms with Crippen LogP contribution in [0, 0.1) is 0 Å². The molecule has 0 heterocycles. The second-order valence-corrected chi connectivity index (χ2v) is 23.5. The van der Waals surface area contributed by atoms with Gasteiger partial charge in [0, 0.05) is 6.42 Å². The van der Waals surface area contributed by atoms with Crippen LogP contribution >= 0.6 is 42.4 Å². The smallest absolute Gasteiger partial charge is 0.322 e. The third-order valence-electron chi connectivity index (χ3n) is 8.44. The first-order valence-electron chi connectivity index (χ1n) is 16.9. The molecule has 15 heteroatoms. The summed E-state index contributed by atoms with van der Waals surface area (Å²) >= 11 is 4.48. The molecule has 0 aliphatic carbocycles. The molecule has 11 nitrogen and oxygen atoms in total. The van der Waals surface area contributed by atoms with Crippen molar-refractivity contribution in [2.75, 3.05) is 45.0 Å². The number of hydrogen-bond acceptors (Lipinski definition) is 10. The standard InChI is InChI=1S/C37H48BrN4O7PS2/c1-48-35(45)25-41-36(46)32(42-33(43)22-21-31(39)37(47)49-2)26-51-52-27-34(44)40-23-13-6-14-24-50(38,28-15-7-3-8-16-28,29-17-9-4-10-18-29)30-19-11-5-12-20-30/h3-5,7-12,15-20,31-32H,6,13-14,21-27,39H2,1-2H3,(H,40,44)(H,41,46)(H,42,43)/t31-,32-/m0/s1. The number of esters is 2. The summed E-state index contributed by atoms with van der Waals surface area (Å²) in [5.74, 6) is -2.23. The minimum atomic E-state index is -2.98. The topological polar surface area (TPSA) is 166 Å². The molecule has 0 aromatic heterocycles. The molecule has 52 heavy (non-hydrogen) atoms. The fraction of sp³-hybridized carbons (Fsp3) is 0.378. The summed E-state index contributed by atoms with van der Waals surface area (Å²) in [6.07, 6.45) is 3.53. The number of nitrogens with two attached hydrogens (primary N) is 1. The van der Waals surface area contributed by atoms with Crippen molar-refractivity contribution in [1.29, 1.82) is 0 Å². The molecule has 2 atom stereocenters. The number of ether oxygens (including phenoxy) is 2. The molecule has 0 fully saturated rings. The number of hydrogen-bond donors (Lipinski definition) is 4. The average Bonchev–Trinajstić information content (AvgIpc) is 3.18. The van der Waals surface area contributed by atoms with E-state index in [1.54, 1.807) is 0 Å². The van der Waals surface area contributed by atoms with Gasteiger partial charge in [0.2, 0.25) is 11.8 Å². The molecule has 3 aromatic carbocycles. The van der Waals surface area contributed by atoms with E-state index in [2.05, 4.69) is 114 Å². The maximum Gasteiger partial charge on any atom is 0.322 e. The van der Waals surface area contributed by atoms with Crippen LogP contribution in [-0.2, 0) is 33.4 Å². The Morgan fingerprint density at radius 1 is 0.750 bits per heavy atom. The fourth-order valence-corrected chi connectivity index (χ4v) is 15.4. The Morgan fingerprint density at radius 2 is 1.31 bits per heavy atom. The van der Waals surface area contributed by atoms with Crippen molar-refractivity contribution in [3.8, 4) is 0 Å². The van der Waals surface area contributed by atoms with Gasteiger partial charge in [0.15, 0.2) is 0 Å². The van der Waals surface area contributed by atoms with Crippen molar-refractivity contribution >= 4 is 88.0 Å². The van der Waals surface area contributed by atoms with Gasteiger partial charge in [-0.1, -0.05) is 0 Å².